The van der Waals surface area contributed by atoms with E-state index in [0.29, 0.717) is 24.8 Å². The molecule has 0 atom stereocenters. The molecular formula is C20H29N5O3. The van der Waals surface area contributed by atoms with Crippen LogP contribution in [0.25, 0.3) is 0 Å². The largest absolute Gasteiger partial charge is 0.478 e. The number of hydrogen-bond acceptors (Lipinski definition) is 6. The van der Waals surface area contributed by atoms with Gasteiger partial charge in [0.1, 0.15) is 17.7 Å². The first-order valence-corrected chi connectivity index (χ1v) is 10.1. The van der Waals surface area contributed by atoms with Gasteiger partial charge in [-0.05, 0) is 44.6 Å². The van der Waals surface area contributed by atoms with E-state index in [1.807, 2.05) is 24.3 Å². The van der Waals surface area contributed by atoms with Crippen molar-refractivity contribution in [1.29, 1.82) is 0 Å². The van der Waals surface area contributed by atoms with Crippen molar-refractivity contribution in [2.24, 2.45) is 0 Å². The lowest BCUT2D eigenvalue weighted by Crippen LogP contribution is -2.28. The molecule has 1 amide bonds. The molecular weight excluding hydrogens is 358 g/mol. The second-order valence-corrected chi connectivity index (χ2v) is 6.96. The number of aromatic amines is 1. The van der Waals surface area contributed by atoms with E-state index in [9.17, 15) is 4.79 Å². The van der Waals surface area contributed by atoms with Crippen LogP contribution in [0.15, 0.2) is 30.5 Å². The number of ether oxygens (including phenoxy) is 2. The quantitative estimate of drug-likeness (QED) is 0.501. The van der Waals surface area contributed by atoms with Gasteiger partial charge < -0.3 is 20.1 Å². The van der Waals surface area contributed by atoms with E-state index in [4.69, 9.17) is 9.47 Å². The predicted molar refractivity (Wildman–Crippen MR) is 107 cm³/mol. The van der Waals surface area contributed by atoms with Gasteiger partial charge in [-0.15, -0.1) is 0 Å². The van der Waals surface area contributed by atoms with Crippen molar-refractivity contribution in [3.63, 3.8) is 0 Å². The number of nitrogens with one attached hydrogen (secondary N) is 3. The third kappa shape index (κ3) is 7.09. The smallest absolute Gasteiger partial charge is 0.407 e. The molecule has 2 heterocycles. The Hall–Kier alpha value is -2.77. The number of H-pyrrole nitrogens is 1. The first kappa shape index (κ1) is 20.0. The molecule has 2 aromatic rings. The average Bonchev–Trinajstić information content (AvgIpc) is 3.38. The maximum absolute atomic E-state index is 11.6. The van der Waals surface area contributed by atoms with Gasteiger partial charge in [-0.25, -0.2) is 4.79 Å². The topological polar surface area (TPSA) is 101 Å². The summed E-state index contributed by atoms with van der Waals surface area (Å²) in [6.45, 7) is 1.28. The first-order chi connectivity index (χ1) is 13.8. The molecule has 28 heavy (non-hydrogen) atoms. The summed E-state index contributed by atoms with van der Waals surface area (Å²) in [6.07, 6.45) is 9.86. The minimum Gasteiger partial charge on any atom is -0.478 e. The number of carbonyl (C=O) groups is 1. The van der Waals surface area contributed by atoms with Crippen LogP contribution in [-0.2, 0) is 4.74 Å². The Morgan fingerprint density at radius 3 is 2.82 bits per heavy atom. The van der Waals surface area contributed by atoms with Crippen LogP contribution in [0.2, 0.25) is 0 Å². The third-order valence-corrected chi connectivity index (χ3v) is 4.65. The van der Waals surface area contributed by atoms with E-state index in [1.54, 1.807) is 6.20 Å². The lowest BCUT2D eigenvalue weighted by atomic mass is 10.2. The van der Waals surface area contributed by atoms with Crippen LogP contribution in [0.1, 0.15) is 51.4 Å². The number of pyridine rings is 1. The molecule has 8 nitrogen and oxygen atoms in total. The highest BCUT2D eigenvalue weighted by atomic mass is 16.6. The fourth-order valence-corrected chi connectivity index (χ4v) is 3.18. The van der Waals surface area contributed by atoms with Gasteiger partial charge in [0.15, 0.2) is 0 Å². The van der Waals surface area contributed by atoms with Gasteiger partial charge in [-0.3, -0.25) is 5.10 Å². The second-order valence-electron chi connectivity index (χ2n) is 6.96. The molecule has 1 fully saturated rings. The molecule has 0 aliphatic heterocycles. The van der Waals surface area contributed by atoms with Crippen LogP contribution in [0.5, 0.6) is 5.88 Å². The lowest BCUT2D eigenvalue weighted by molar-refractivity contribution is 0.101. The molecule has 0 unspecified atom stereocenters. The van der Waals surface area contributed by atoms with Gasteiger partial charge in [0, 0.05) is 18.7 Å². The average molecular weight is 387 g/mol. The highest BCUT2D eigenvalue weighted by Gasteiger charge is 2.18. The van der Waals surface area contributed by atoms with Gasteiger partial charge in [0.05, 0.1) is 12.8 Å². The number of nitrogens with zero attached hydrogens (tertiary/aromatic N) is 2. The number of unbranched alkanes of at least 4 members (excludes halogenated alkanes) is 3. The van der Waals surface area contributed by atoms with Crippen molar-refractivity contribution in [2.75, 3.05) is 18.5 Å². The van der Waals surface area contributed by atoms with Crippen LogP contribution in [0, 0.1) is 0 Å². The summed E-state index contributed by atoms with van der Waals surface area (Å²) in [5.41, 5.74) is 0. The molecule has 0 bridgehead atoms. The fraction of sp³-hybridized carbons (Fsp3) is 0.550. The standard InChI is InChI=1S/C20H29N5O3/c26-20(28-16-8-3-4-9-16)21-13-5-1-2-6-15-27-19-11-7-10-17(24-19)23-18-12-14-22-25-18/h7,10-12,14,16H,1-6,8-9,13,15H2,(H,21,26)(H2,22,23,24,25). The van der Waals surface area contributed by atoms with Crippen molar-refractivity contribution in [3.8, 4) is 5.88 Å². The Morgan fingerprint density at radius 1 is 1.14 bits per heavy atom. The molecule has 0 radical (unpaired) electrons. The number of aromatic nitrogens is 3. The van der Waals surface area contributed by atoms with Gasteiger partial charge >= 0.3 is 6.09 Å². The van der Waals surface area contributed by atoms with E-state index in [1.165, 1.54) is 12.8 Å². The predicted octanol–water partition coefficient (Wildman–Crippen LogP) is 4.16. The molecule has 1 aliphatic rings. The zero-order valence-electron chi connectivity index (χ0n) is 16.2. The van der Waals surface area contributed by atoms with Crippen LogP contribution in [0.4, 0.5) is 16.4 Å². The molecule has 1 aliphatic carbocycles. The molecule has 0 saturated heterocycles. The minimum absolute atomic E-state index is 0.124. The summed E-state index contributed by atoms with van der Waals surface area (Å²) in [6, 6.07) is 7.45. The number of amides is 1. The number of carbonyl (C=O) groups excluding carboxylic acids is 1. The summed E-state index contributed by atoms with van der Waals surface area (Å²) in [5.74, 6) is 2.09. The van der Waals surface area contributed by atoms with Crippen LogP contribution in [0.3, 0.4) is 0 Å². The summed E-state index contributed by atoms with van der Waals surface area (Å²) < 4.78 is 11.1. The molecule has 1 saturated carbocycles. The molecule has 3 rings (SSSR count). The van der Waals surface area contributed by atoms with Gasteiger partial charge in [0.2, 0.25) is 5.88 Å². The van der Waals surface area contributed by atoms with Crippen molar-refractivity contribution < 1.29 is 14.3 Å². The number of rotatable bonds is 11. The first-order valence-electron chi connectivity index (χ1n) is 10.1. The van der Waals surface area contributed by atoms with Crippen molar-refractivity contribution in [3.05, 3.63) is 30.5 Å². The van der Waals surface area contributed by atoms with Gasteiger partial charge in [0.25, 0.3) is 0 Å². The third-order valence-electron chi connectivity index (χ3n) is 4.65. The highest BCUT2D eigenvalue weighted by molar-refractivity contribution is 5.67. The molecule has 8 heteroatoms. The molecule has 152 valence electrons. The van der Waals surface area contributed by atoms with Crippen LogP contribution in [-0.4, -0.2) is 40.5 Å². The molecule has 3 N–H and O–H groups in total. The Balaban J connectivity index is 1.21. The Morgan fingerprint density at radius 2 is 2.00 bits per heavy atom. The Bertz CT molecular complexity index is 702. The zero-order valence-corrected chi connectivity index (χ0v) is 16.2. The summed E-state index contributed by atoms with van der Waals surface area (Å²) in [5, 5.41) is 12.7. The summed E-state index contributed by atoms with van der Waals surface area (Å²) >= 11 is 0. The van der Waals surface area contributed by atoms with Crippen molar-refractivity contribution >= 4 is 17.7 Å². The van der Waals surface area contributed by atoms with E-state index >= 15 is 0 Å². The summed E-state index contributed by atoms with van der Waals surface area (Å²) in [4.78, 5) is 16.1. The second kappa shape index (κ2) is 11.2. The molecule has 0 aromatic carbocycles. The van der Waals surface area contributed by atoms with Gasteiger partial charge in [-0.1, -0.05) is 18.9 Å². The SMILES string of the molecule is O=C(NCCCCCCOc1cccc(Nc2ccn[nH]2)n1)OC1CCCC1. The van der Waals surface area contributed by atoms with E-state index in [-0.39, 0.29) is 12.2 Å². The Kier molecular flexibility index (Phi) is 7.96. The maximum atomic E-state index is 11.6. The minimum atomic E-state index is -0.273. The number of hydrogen-bond donors (Lipinski definition) is 3. The van der Waals surface area contributed by atoms with Crippen molar-refractivity contribution in [2.45, 2.75) is 57.5 Å². The lowest BCUT2D eigenvalue weighted by Gasteiger charge is -2.12. The summed E-state index contributed by atoms with van der Waals surface area (Å²) in [7, 11) is 0. The van der Waals surface area contributed by atoms with E-state index in [0.717, 1.165) is 44.3 Å². The monoisotopic (exact) mass is 387 g/mol. The number of alkyl carbamates (subject to hydrolysis) is 1. The van der Waals surface area contributed by atoms with Crippen molar-refractivity contribution in [1.82, 2.24) is 20.5 Å². The Labute approximate surface area is 165 Å². The highest BCUT2D eigenvalue weighted by Crippen LogP contribution is 2.20. The number of anilines is 2. The molecule has 0 spiro atoms. The fourth-order valence-electron chi connectivity index (χ4n) is 3.18. The van der Waals surface area contributed by atoms with Gasteiger partial charge in [-0.2, -0.15) is 10.1 Å². The van der Waals surface area contributed by atoms with E-state index < -0.39 is 0 Å². The van der Waals surface area contributed by atoms with E-state index in [2.05, 4.69) is 25.8 Å². The van der Waals surface area contributed by atoms with Crippen LogP contribution >= 0.6 is 0 Å². The van der Waals surface area contributed by atoms with Crippen LogP contribution < -0.4 is 15.4 Å². The normalized spacial score (nSPS) is 14.0. The zero-order chi connectivity index (χ0) is 19.4. The maximum Gasteiger partial charge on any atom is 0.407 e. The molecule has 2 aromatic heterocycles.